The van der Waals surface area contributed by atoms with E-state index in [2.05, 4.69) is 20.9 Å². The summed E-state index contributed by atoms with van der Waals surface area (Å²) in [5, 5.41) is 0. The maximum atomic E-state index is 12.1. The number of rotatable bonds is 1. The summed E-state index contributed by atoms with van der Waals surface area (Å²) in [5.74, 6) is -0.302. The first-order chi connectivity index (χ1) is 5.52. The van der Waals surface area contributed by atoms with Gasteiger partial charge in [-0.25, -0.2) is 8.78 Å². The Kier molecular flexibility index (Phi) is 2.46. The predicted octanol–water partition coefficient (Wildman–Crippen LogP) is 1.66. The van der Waals surface area contributed by atoms with E-state index in [-0.39, 0.29) is 10.4 Å². The van der Waals surface area contributed by atoms with E-state index in [1.54, 1.807) is 0 Å². The molecule has 1 aromatic rings. The van der Waals surface area contributed by atoms with Gasteiger partial charge in [-0.15, -0.1) is 0 Å². The van der Waals surface area contributed by atoms with Crippen LogP contribution in [0.3, 0.4) is 0 Å². The summed E-state index contributed by atoms with van der Waals surface area (Å²) in [7, 11) is 0. The van der Waals surface area contributed by atoms with Crippen molar-refractivity contribution < 1.29 is 8.78 Å². The summed E-state index contributed by atoms with van der Waals surface area (Å²) in [6, 6.07) is 1.01. The van der Waals surface area contributed by atoms with Crippen molar-refractivity contribution >= 4 is 21.7 Å². The highest BCUT2D eigenvalue weighted by Gasteiger charge is 2.16. The van der Waals surface area contributed by atoms with Gasteiger partial charge in [-0.1, -0.05) is 0 Å². The third-order valence-electron chi connectivity index (χ3n) is 1.29. The number of hydrogen-bond donors (Lipinski definition) is 2. The number of hydrogen-bond acceptors (Lipinski definition) is 2. The largest absolute Gasteiger partial charge is 0.385 e. The first-order valence-corrected chi connectivity index (χ1v) is 3.78. The molecule has 3 nitrogen and oxygen atoms in total. The highest BCUT2D eigenvalue weighted by atomic mass is 79.9. The highest BCUT2D eigenvalue weighted by Crippen LogP contribution is 2.20. The lowest BCUT2D eigenvalue weighted by Crippen LogP contribution is -2.13. The second-order valence-corrected chi connectivity index (χ2v) is 2.96. The van der Waals surface area contributed by atoms with Crippen LogP contribution in [0.25, 0.3) is 0 Å². The Labute approximate surface area is 74.7 Å². The van der Waals surface area contributed by atoms with Crippen molar-refractivity contribution in [3.8, 4) is 0 Å². The van der Waals surface area contributed by atoms with Crippen LogP contribution in [0, 0.1) is 0 Å². The molecule has 66 valence electrons. The van der Waals surface area contributed by atoms with Crippen molar-refractivity contribution in [1.82, 2.24) is 4.98 Å². The number of H-pyrrole nitrogens is 1. The van der Waals surface area contributed by atoms with Crippen LogP contribution in [-0.2, 0) is 0 Å². The predicted molar refractivity (Wildman–Crippen MR) is 44.1 cm³/mol. The summed E-state index contributed by atoms with van der Waals surface area (Å²) in [6.07, 6.45) is -2.85. The molecular formula is C6H5BrF2N2O. The van der Waals surface area contributed by atoms with E-state index in [0.29, 0.717) is 0 Å². The van der Waals surface area contributed by atoms with Gasteiger partial charge in [0.15, 0.2) is 5.43 Å². The maximum absolute atomic E-state index is 12.1. The summed E-state index contributed by atoms with van der Waals surface area (Å²) < 4.78 is 24.5. The molecule has 1 heterocycles. The monoisotopic (exact) mass is 238 g/mol. The lowest BCUT2D eigenvalue weighted by molar-refractivity contribution is 0.150. The van der Waals surface area contributed by atoms with Crippen LogP contribution in [0.4, 0.5) is 14.6 Å². The minimum absolute atomic E-state index is 0.286. The molecule has 0 aliphatic carbocycles. The van der Waals surface area contributed by atoms with Gasteiger partial charge in [0, 0.05) is 6.07 Å². The van der Waals surface area contributed by atoms with Crippen LogP contribution in [0.5, 0.6) is 0 Å². The summed E-state index contributed by atoms with van der Waals surface area (Å²) in [6.45, 7) is 0. The number of halogens is 3. The van der Waals surface area contributed by atoms with Crippen LogP contribution in [-0.4, -0.2) is 4.98 Å². The van der Waals surface area contributed by atoms with E-state index in [1.807, 2.05) is 0 Å². The summed E-state index contributed by atoms with van der Waals surface area (Å²) >= 11 is 2.92. The molecule has 0 radical (unpaired) electrons. The normalized spacial score (nSPS) is 10.7. The molecule has 0 fully saturated rings. The third kappa shape index (κ3) is 1.63. The first-order valence-electron chi connectivity index (χ1n) is 2.98. The number of nitrogens with one attached hydrogen (secondary N) is 1. The Balaban J connectivity index is 3.39. The smallest absolute Gasteiger partial charge is 0.271 e. The van der Waals surface area contributed by atoms with Crippen molar-refractivity contribution in [2.45, 2.75) is 6.43 Å². The first kappa shape index (κ1) is 9.18. The van der Waals surface area contributed by atoms with E-state index >= 15 is 0 Å². The fourth-order valence-electron chi connectivity index (χ4n) is 0.783. The Morgan fingerprint density at radius 1 is 1.58 bits per heavy atom. The van der Waals surface area contributed by atoms with Gasteiger partial charge in [0.2, 0.25) is 0 Å². The molecule has 0 unspecified atom stereocenters. The van der Waals surface area contributed by atoms with E-state index in [1.165, 1.54) is 0 Å². The number of nitrogen functional groups attached to an aromatic ring is 1. The van der Waals surface area contributed by atoms with Gasteiger partial charge in [-0.2, -0.15) is 0 Å². The number of nitrogens with two attached hydrogens (primary N) is 1. The molecule has 0 saturated carbocycles. The average Bonchev–Trinajstić information content (AvgIpc) is 1.82. The second-order valence-electron chi connectivity index (χ2n) is 2.11. The molecule has 6 heteroatoms. The molecule has 3 N–H and O–H groups in total. The zero-order valence-electron chi connectivity index (χ0n) is 5.77. The molecule has 12 heavy (non-hydrogen) atoms. The van der Waals surface area contributed by atoms with E-state index < -0.39 is 17.4 Å². The number of pyridine rings is 1. The van der Waals surface area contributed by atoms with Crippen molar-refractivity contribution in [2.75, 3.05) is 5.73 Å². The van der Waals surface area contributed by atoms with Crippen molar-refractivity contribution in [1.29, 1.82) is 0 Å². The van der Waals surface area contributed by atoms with E-state index in [9.17, 15) is 13.6 Å². The van der Waals surface area contributed by atoms with Gasteiger partial charge in [-0.3, -0.25) is 4.79 Å². The van der Waals surface area contributed by atoms with Gasteiger partial charge in [0.25, 0.3) is 6.43 Å². The fraction of sp³-hybridized carbons (Fsp3) is 0.167. The van der Waals surface area contributed by atoms with Crippen molar-refractivity contribution in [2.24, 2.45) is 0 Å². The summed E-state index contributed by atoms with van der Waals surface area (Å²) in [4.78, 5) is 13.3. The number of alkyl halides is 2. The molecule has 0 aliphatic rings. The van der Waals surface area contributed by atoms with E-state index in [0.717, 1.165) is 6.07 Å². The SMILES string of the molecule is Nc1[nH]c(Br)cc(=O)c1C(F)F. The van der Waals surface area contributed by atoms with E-state index in [4.69, 9.17) is 5.73 Å². The standard InChI is InChI=1S/C6H5BrF2N2O/c7-3-1-2(12)4(5(8)9)6(10)11-3/h1,5H,(H3,10,11,12). The molecule has 0 spiro atoms. The lowest BCUT2D eigenvalue weighted by atomic mass is 10.2. The van der Waals surface area contributed by atoms with Crippen LogP contribution in [0.1, 0.15) is 12.0 Å². The molecule has 0 aromatic carbocycles. The van der Waals surface area contributed by atoms with Crippen LogP contribution >= 0.6 is 15.9 Å². The Morgan fingerprint density at radius 3 is 2.58 bits per heavy atom. The fourth-order valence-corrected chi connectivity index (χ4v) is 1.20. The van der Waals surface area contributed by atoms with Gasteiger partial charge < -0.3 is 10.7 Å². The van der Waals surface area contributed by atoms with Gasteiger partial charge in [0.05, 0.1) is 4.60 Å². The molecule has 1 aromatic heterocycles. The molecule has 0 bridgehead atoms. The molecule has 0 amide bonds. The topological polar surface area (TPSA) is 58.9 Å². The highest BCUT2D eigenvalue weighted by molar-refractivity contribution is 9.10. The third-order valence-corrected chi connectivity index (χ3v) is 1.71. The van der Waals surface area contributed by atoms with Crippen LogP contribution < -0.4 is 11.2 Å². The number of aromatic nitrogens is 1. The van der Waals surface area contributed by atoms with Gasteiger partial charge >= 0.3 is 0 Å². The van der Waals surface area contributed by atoms with Crippen molar-refractivity contribution in [3.63, 3.8) is 0 Å². The number of anilines is 1. The summed E-state index contributed by atoms with van der Waals surface area (Å²) in [5.41, 5.74) is 3.71. The average molecular weight is 239 g/mol. The van der Waals surface area contributed by atoms with Gasteiger partial charge in [-0.05, 0) is 15.9 Å². The Hall–Kier alpha value is -0.910. The van der Waals surface area contributed by atoms with Crippen molar-refractivity contribution in [3.05, 3.63) is 26.5 Å². The molecule has 0 saturated heterocycles. The molecule has 1 rings (SSSR count). The number of aromatic amines is 1. The van der Waals surface area contributed by atoms with Gasteiger partial charge in [0.1, 0.15) is 11.4 Å². The molecule has 0 atom stereocenters. The minimum atomic E-state index is -2.85. The maximum Gasteiger partial charge on any atom is 0.271 e. The van der Waals surface area contributed by atoms with Crippen LogP contribution in [0.15, 0.2) is 15.5 Å². The zero-order valence-corrected chi connectivity index (χ0v) is 7.36. The minimum Gasteiger partial charge on any atom is -0.385 e. The molecular weight excluding hydrogens is 234 g/mol. The Morgan fingerprint density at radius 2 is 2.17 bits per heavy atom. The zero-order chi connectivity index (χ0) is 9.30. The lowest BCUT2D eigenvalue weighted by Gasteiger charge is -2.02. The quantitative estimate of drug-likeness (QED) is 0.732. The Bertz CT molecular complexity index is 350. The second kappa shape index (κ2) is 3.22. The van der Waals surface area contributed by atoms with Crippen LogP contribution in [0.2, 0.25) is 0 Å². The molecule has 0 aliphatic heterocycles.